The van der Waals surface area contributed by atoms with Crippen LogP contribution in [-0.2, 0) is 0 Å². The van der Waals surface area contributed by atoms with E-state index in [0.717, 1.165) is 0 Å². The molecule has 1 aliphatic carbocycles. The molecule has 0 aromatic heterocycles. The molecule has 23 heavy (non-hydrogen) atoms. The number of Topliss-reactive ketones (excluding diaryl/α,β-unsaturated/α-hetero) is 1. The lowest BCUT2D eigenvalue weighted by Crippen LogP contribution is -2.29. The SMILES string of the molecule is O=C(C1=CCC(F)(Oc2ccc(O)cc2)C=C1)c1ccccc1. The van der Waals surface area contributed by atoms with E-state index in [4.69, 9.17) is 4.74 Å². The Balaban J connectivity index is 1.71. The number of ketones is 1. The third-order valence-corrected chi connectivity index (χ3v) is 3.53. The fourth-order valence-corrected chi connectivity index (χ4v) is 2.31. The van der Waals surface area contributed by atoms with E-state index in [2.05, 4.69) is 0 Å². The van der Waals surface area contributed by atoms with Crippen LogP contribution in [0.3, 0.4) is 0 Å². The van der Waals surface area contributed by atoms with Crippen molar-refractivity contribution in [3.63, 3.8) is 0 Å². The number of phenols is 1. The van der Waals surface area contributed by atoms with Gasteiger partial charge in [0.15, 0.2) is 5.78 Å². The Morgan fingerprint density at radius 2 is 1.78 bits per heavy atom. The van der Waals surface area contributed by atoms with Crippen molar-refractivity contribution < 1.29 is 19.0 Å². The van der Waals surface area contributed by atoms with E-state index in [9.17, 15) is 14.3 Å². The minimum Gasteiger partial charge on any atom is -0.508 e. The van der Waals surface area contributed by atoms with Crippen molar-refractivity contribution in [3.8, 4) is 11.5 Å². The second-order valence-corrected chi connectivity index (χ2v) is 5.27. The molecule has 0 fully saturated rings. The molecule has 0 aliphatic heterocycles. The summed E-state index contributed by atoms with van der Waals surface area (Å²) in [4.78, 5) is 12.3. The molecule has 1 N–H and O–H groups in total. The molecule has 0 spiro atoms. The molecule has 1 atom stereocenters. The van der Waals surface area contributed by atoms with Crippen molar-refractivity contribution in [2.75, 3.05) is 0 Å². The van der Waals surface area contributed by atoms with Gasteiger partial charge in [0.05, 0.1) is 0 Å². The molecule has 0 radical (unpaired) electrons. The molecule has 3 rings (SSSR count). The summed E-state index contributed by atoms with van der Waals surface area (Å²) in [7, 11) is 0. The van der Waals surface area contributed by atoms with Gasteiger partial charge in [0, 0.05) is 17.6 Å². The van der Waals surface area contributed by atoms with Crippen LogP contribution < -0.4 is 4.74 Å². The second-order valence-electron chi connectivity index (χ2n) is 5.27. The maximum Gasteiger partial charge on any atom is 0.271 e. The Kier molecular flexibility index (Phi) is 3.98. The lowest BCUT2D eigenvalue weighted by atomic mass is 9.96. The molecule has 4 heteroatoms. The summed E-state index contributed by atoms with van der Waals surface area (Å²) in [6.45, 7) is 0. The van der Waals surface area contributed by atoms with Crippen molar-refractivity contribution in [1.82, 2.24) is 0 Å². The first kappa shape index (κ1) is 15.0. The number of ether oxygens (including phenoxy) is 1. The number of hydrogen-bond donors (Lipinski definition) is 1. The highest BCUT2D eigenvalue weighted by Crippen LogP contribution is 2.30. The predicted octanol–water partition coefficient (Wildman–Crippen LogP) is 4.21. The van der Waals surface area contributed by atoms with Gasteiger partial charge in [-0.1, -0.05) is 36.4 Å². The number of hydrogen-bond acceptors (Lipinski definition) is 3. The molecular weight excluding hydrogens is 295 g/mol. The Bertz CT molecular complexity index is 763. The average Bonchev–Trinajstić information content (AvgIpc) is 2.58. The van der Waals surface area contributed by atoms with E-state index in [-0.39, 0.29) is 18.0 Å². The van der Waals surface area contributed by atoms with Crippen LogP contribution in [0.5, 0.6) is 11.5 Å². The standard InChI is InChI=1S/C19H15FO3/c20-19(23-17-8-6-16(21)7-9-17)12-10-15(11-13-19)18(22)14-4-2-1-3-5-14/h1-12,21H,13H2. The Morgan fingerprint density at radius 1 is 1.09 bits per heavy atom. The minimum absolute atomic E-state index is 0.0573. The molecule has 1 aliphatic rings. The topological polar surface area (TPSA) is 46.5 Å². The second kappa shape index (κ2) is 6.08. The maximum atomic E-state index is 14.7. The van der Waals surface area contributed by atoms with E-state index >= 15 is 0 Å². The molecular formula is C19H15FO3. The number of phenolic OH excluding ortho intramolecular Hbond substituents is 1. The van der Waals surface area contributed by atoms with E-state index in [0.29, 0.717) is 16.9 Å². The highest BCUT2D eigenvalue weighted by Gasteiger charge is 2.31. The Hall–Kier alpha value is -2.88. The maximum absolute atomic E-state index is 14.7. The van der Waals surface area contributed by atoms with Crippen molar-refractivity contribution in [3.05, 3.63) is 84.0 Å². The molecule has 2 aromatic carbocycles. The van der Waals surface area contributed by atoms with Gasteiger partial charge in [0.1, 0.15) is 11.5 Å². The number of carbonyl (C=O) groups excluding carboxylic acids is 1. The Labute approximate surface area is 133 Å². The number of allylic oxidation sites excluding steroid dienone is 2. The zero-order chi connectivity index (χ0) is 16.3. The Morgan fingerprint density at radius 3 is 2.39 bits per heavy atom. The van der Waals surface area contributed by atoms with Crippen molar-refractivity contribution in [2.24, 2.45) is 0 Å². The van der Waals surface area contributed by atoms with Crippen molar-refractivity contribution in [1.29, 1.82) is 0 Å². The monoisotopic (exact) mass is 310 g/mol. The van der Waals surface area contributed by atoms with Gasteiger partial charge in [0.2, 0.25) is 0 Å². The number of benzene rings is 2. The first-order chi connectivity index (χ1) is 11.1. The first-order valence-corrected chi connectivity index (χ1v) is 7.22. The number of carbonyl (C=O) groups is 1. The van der Waals surface area contributed by atoms with Crippen molar-refractivity contribution in [2.45, 2.75) is 12.3 Å². The van der Waals surface area contributed by atoms with Gasteiger partial charge < -0.3 is 9.84 Å². The smallest absolute Gasteiger partial charge is 0.271 e. The molecule has 0 saturated carbocycles. The van der Waals surface area contributed by atoms with Crippen LogP contribution in [0.25, 0.3) is 0 Å². The van der Waals surface area contributed by atoms with Gasteiger partial charge in [0.25, 0.3) is 5.85 Å². The highest BCUT2D eigenvalue weighted by molar-refractivity contribution is 6.10. The average molecular weight is 310 g/mol. The van der Waals surface area contributed by atoms with E-state index in [1.165, 1.54) is 42.5 Å². The molecule has 0 heterocycles. The summed E-state index contributed by atoms with van der Waals surface area (Å²) in [6.07, 6.45) is 4.17. The van der Waals surface area contributed by atoms with Crippen LogP contribution >= 0.6 is 0 Å². The molecule has 0 amide bonds. The van der Waals surface area contributed by atoms with Crippen LogP contribution in [0.1, 0.15) is 16.8 Å². The van der Waals surface area contributed by atoms with Crippen LogP contribution in [-0.4, -0.2) is 16.7 Å². The normalized spacial score (nSPS) is 20.0. The number of rotatable bonds is 4. The minimum atomic E-state index is -2.00. The molecule has 2 aromatic rings. The van der Waals surface area contributed by atoms with E-state index in [1.807, 2.05) is 6.07 Å². The molecule has 3 nitrogen and oxygen atoms in total. The lowest BCUT2D eigenvalue weighted by Gasteiger charge is -2.25. The zero-order valence-electron chi connectivity index (χ0n) is 12.3. The summed E-state index contributed by atoms with van der Waals surface area (Å²) in [5.41, 5.74) is 1.01. The van der Waals surface area contributed by atoms with Crippen molar-refractivity contribution >= 4 is 5.78 Å². The molecule has 116 valence electrons. The fourth-order valence-electron chi connectivity index (χ4n) is 2.31. The third kappa shape index (κ3) is 3.48. The highest BCUT2D eigenvalue weighted by atomic mass is 19.2. The quantitative estimate of drug-likeness (QED) is 0.861. The van der Waals surface area contributed by atoms with Gasteiger partial charge in [-0.15, -0.1) is 0 Å². The van der Waals surface area contributed by atoms with Crippen LogP contribution in [0.2, 0.25) is 0 Å². The van der Waals surface area contributed by atoms with Crippen LogP contribution in [0.15, 0.2) is 78.4 Å². The largest absolute Gasteiger partial charge is 0.508 e. The zero-order valence-corrected chi connectivity index (χ0v) is 12.3. The van der Waals surface area contributed by atoms with Crippen LogP contribution in [0.4, 0.5) is 4.39 Å². The fraction of sp³-hybridized carbons (Fsp3) is 0.105. The van der Waals surface area contributed by atoms with Crippen LogP contribution in [0, 0.1) is 0 Å². The number of halogens is 1. The van der Waals surface area contributed by atoms with E-state index < -0.39 is 5.85 Å². The molecule has 0 saturated heterocycles. The summed E-state index contributed by atoms with van der Waals surface area (Å²) in [6, 6.07) is 14.7. The van der Waals surface area contributed by atoms with Gasteiger partial charge >= 0.3 is 0 Å². The summed E-state index contributed by atoms with van der Waals surface area (Å²) in [5, 5.41) is 9.22. The van der Waals surface area contributed by atoms with Gasteiger partial charge in [-0.25, -0.2) is 0 Å². The summed E-state index contributed by atoms with van der Waals surface area (Å²) in [5.74, 6) is -1.76. The molecule has 1 unspecified atom stereocenters. The lowest BCUT2D eigenvalue weighted by molar-refractivity contribution is -0.0132. The number of alkyl halides is 1. The number of aromatic hydroxyl groups is 1. The predicted molar refractivity (Wildman–Crippen MR) is 85.2 cm³/mol. The summed E-state index contributed by atoms with van der Waals surface area (Å²) >= 11 is 0. The van der Waals surface area contributed by atoms with Gasteiger partial charge in [-0.3, -0.25) is 4.79 Å². The van der Waals surface area contributed by atoms with Gasteiger partial charge in [-0.05, 0) is 36.4 Å². The third-order valence-electron chi connectivity index (χ3n) is 3.53. The van der Waals surface area contributed by atoms with Gasteiger partial charge in [-0.2, -0.15) is 4.39 Å². The van der Waals surface area contributed by atoms with E-state index in [1.54, 1.807) is 24.3 Å². The summed E-state index contributed by atoms with van der Waals surface area (Å²) < 4.78 is 20.0. The molecule has 0 bridgehead atoms. The first-order valence-electron chi connectivity index (χ1n) is 7.22.